The van der Waals surface area contributed by atoms with Gasteiger partial charge in [-0.1, -0.05) is 66.8 Å². The van der Waals surface area contributed by atoms with Gasteiger partial charge >= 0.3 is 7.48 Å². The van der Waals surface area contributed by atoms with Crippen LogP contribution in [0.4, 0.5) is 0 Å². The minimum Gasteiger partial charge on any atom is -0.490 e. The lowest BCUT2D eigenvalue weighted by Gasteiger charge is -2.55. The van der Waals surface area contributed by atoms with Gasteiger partial charge in [0.05, 0.1) is 11.2 Å². The molecule has 1 spiro atoms. The van der Waals surface area contributed by atoms with E-state index in [0.29, 0.717) is 29.6 Å². The highest BCUT2D eigenvalue weighted by molar-refractivity contribution is 6.30. The van der Waals surface area contributed by atoms with Crippen LogP contribution in [0.3, 0.4) is 0 Å². The molecule has 6 aliphatic rings. The zero-order valence-electron chi connectivity index (χ0n) is 21.4. The molecule has 1 N–H and O–H groups in total. The third-order valence-electron chi connectivity index (χ3n) is 9.79. The van der Waals surface area contributed by atoms with Crippen molar-refractivity contribution in [2.45, 2.75) is 70.1 Å². The minimum atomic E-state index is -0.933. The summed E-state index contributed by atoms with van der Waals surface area (Å²) in [6, 6.07) is 0. The summed E-state index contributed by atoms with van der Waals surface area (Å²) in [5.41, 5.74) is -0.156. The van der Waals surface area contributed by atoms with Crippen molar-refractivity contribution in [1.29, 1.82) is 0 Å². The Bertz CT molecular complexity index is 1040. The van der Waals surface area contributed by atoms with Crippen LogP contribution >= 0.6 is 0 Å². The molecule has 6 rings (SSSR count). The molecule has 0 aromatic carbocycles. The Labute approximate surface area is 211 Å². The van der Waals surface area contributed by atoms with E-state index < -0.39 is 11.2 Å². The van der Waals surface area contributed by atoms with Crippen molar-refractivity contribution in [3.63, 3.8) is 0 Å². The van der Waals surface area contributed by atoms with Crippen LogP contribution in [0.25, 0.3) is 0 Å². The molecule has 183 valence electrons. The number of allylic oxidation sites excluding steroid dienone is 12. The van der Waals surface area contributed by atoms with Crippen LogP contribution in [0.15, 0.2) is 84.2 Å². The van der Waals surface area contributed by atoms with Crippen LogP contribution in [0.5, 0.6) is 0 Å². The molecule has 1 aliphatic heterocycles. The average Bonchev–Trinajstić information content (AvgIpc) is 3.13. The van der Waals surface area contributed by atoms with Crippen LogP contribution < -0.4 is 0 Å². The van der Waals surface area contributed by atoms with E-state index in [1.165, 1.54) is 5.57 Å². The van der Waals surface area contributed by atoms with Crippen molar-refractivity contribution in [2.24, 2.45) is 35.0 Å². The Hall–Kier alpha value is -2.04. The molecule has 0 aromatic rings. The van der Waals surface area contributed by atoms with Gasteiger partial charge in [0.25, 0.3) is 0 Å². The molecule has 7 unspecified atom stereocenters. The molecule has 7 atom stereocenters. The van der Waals surface area contributed by atoms with Gasteiger partial charge in [-0.15, -0.1) is 0 Å². The summed E-state index contributed by atoms with van der Waals surface area (Å²) in [6.07, 6.45) is 31.6. The molecule has 0 aromatic heterocycles. The fraction of sp³-hybridized carbons (Fsp3) is 0.548. The molecule has 5 aliphatic carbocycles. The molecule has 1 saturated carbocycles. The number of hydrogen-bond acceptors (Lipinski definition) is 3. The van der Waals surface area contributed by atoms with Gasteiger partial charge in [-0.05, 0) is 88.1 Å². The first kappa shape index (κ1) is 23.4. The fourth-order valence-corrected chi connectivity index (χ4v) is 7.43. The molecule has 1 heterocycles. The first-order valence-corrected chi connectivity index (χ1v) is 13.4. The largest absolute Gasteiger partial charge is 0.490 e. The van der Waals surface area contributed by atoms with Crippen molar-refractivity contribution in [3.05, 3.63) is 84.2 Å². The van der Waals surface area contributed by atoms with E-state index >= 15 is 0 Å². The summed E-state index contributed by atoms with van der Waals surface area (Å²) < 4.78 is 13.0. The zero-order valence-corrected chi connectivity index (χ0v) is 21.4. The monoisotopic (exact) mass is 469 g/mol. The van der Waals surface area contributed by atoms with E-state index in [1.54, 1.807) is 13.8 Å². The number of rotatable bonds is 4. The molecule has 35 heavy (non-hydrogen) atoms. The van der Waals surface area contributed by atoms with Crippen molar-refractivity contribution in [3.8, 4) is 0 Å². The first-order chi connectivity index (χ1) is 16.7. The second-order valence-electron chi connectivity index (χ2n) is 12.2. The summed E-state index contributed by atoms with van der Waals surface area (Å²) >= 11 is 0. The predicted octanol–water partition coefficient (Wildman–Crippen LogP) is 6.26. The zero-order chi connectivity index (χ0) is 24.4. The third-order valence-corrected chi connectivity index (χ3v) is 9.79. The van der Waals surface area contributed by atoms with Crippen molar-refractivity contribution in [2.75, 3.05) is 0 Å². The summed E-state index contributed by atoms with van der Waals surface area (Å²) in [4.78, 5) is 0. The van der Waals surface area contributed by atoms with E-state index in [2.05, 4.69) is 72.9 Å². The SMILES string of the molecule is CC(C)(O)C(C)(C)O[B]C1C=CC2C(C1)OC1=CCCC=C1C21C2C=CC=CC2C2C=CC=CC21. The van der Waals surface area contributed by atoms with Gasteiger partial charge in [-0.2, -0.15) is 0 Å². The highest BCUT2D eigenvalue weighted by atomic mass is 16.5. The molecule has 1 saturated heterocycles. The Morgan fingerprint density at radius 2 is 1.49 bits per heavy atom. The molecule has 4 heteroatoms. The number of aliphatic hydroxyl groups is 1. The maximum absolute atomic E-state index is 10.5. The smallest absolute Gasteiger partial charge is 0.300 e. The van der Waals surface area contributed by atoms with Gasteiger partial charge in [0.2, 0.25) is 0 Å². The second-order valence-corrected chi connectivity index (χ2v) is 12.2. The van der Waals surface area contributed by atoms with Gasteiger partial charge in [0, 0.05) is 11.3 Å². The standard InChI is InChI=1S/C31H38BO3/c1-29(2,33)30(3,4)35-32-20-17-18-26-28(19-20)34-27-16-10-9-15-25(27)31(26)23-13-7-5-11-21(23)22-12-6-8-14-24(22)31/h5-8,11-18,20-24,26,28,33H,9-10,19H2,1-4H3. The molecular weight excluding hydrogens is 431 g/mol. The van der Waals surface area contributed by atoms with Gasteiger partial charge in [-0.3, -0.25) is 0 Å². The fourth-order valence-electron chi connectivity index (χ4n) is 7.43. The van der Waals surface area contributed by atoms with Crippen LogP contribution in [0.1, 0.15) is 47.0 Å². The average molecular weight is 469 g/mol. The Kier molecular flexibility index (Phi) is 5.51. The molecular formula is C31H38BO3. The lowest BCUT2D eigenvalue weighted by atomic mass is 9.51. The first-order valence-electron chi connectivity index (χ1n) is 13.4. The molecule has 1 radical (unpaired) electrons. The van der Waals surface area contributed by atoms with Crippen molar-refractivity contribution >= 4 is 7.48 Å². The quantitative estimate of drug-likeness (QED) is 0.390. The van der Waals surface area contributed by atoms with Crippen molar-refractivity contribution in [1.82, 2.24) is 0 Å². The van der Waals surface area contributed by atoms with Gasteiger partial charge in [-0.25, -0.2) is 0 Å². The lowest BCUT2D eigenvalue weighted by Crippen LogP contribution is -2.53. The second kappa shape index (κ2) is 8.25. The summed E-state index contributed by atoms with van der Waals surface area (Å²) in [5, 5.41) is 10.5. The molecule has 0 bridgehead atoms. The summed E-state index contributed by atoms with van der Waals surface area (Å²) in [7, 11) is 1.92. The minimum absolute atomic E-state index is 0.00170. The van der Waals surface area contributed by atoms with Crippen LogP contribution in [0.2, 0.25) is 5.82 Å². The van der Waals surface area contributed by atoms with Gasteiger partial charge < -0.3 is 14.5 Å². The maximum Gasteiger partial charge on any atom is 0.300 e. The highest BCUT2D eigenvalue weighted by Gasteiger charge is 2.66. The van der Waals surface area contributed by atoms with Crippen LogP contribution in [-0.4, -0.2) is 29.9 Å². The third kappa shape index (κ3) is 3.47. The number of ether oxygens (including phenoxy) is 1. The lowest BCUT2D eigenvalue weighted by molar-refractivity contribution is -0.0916. The van der Waals surface area contributed by atoms with Crippen LogP contribution in [0, 0.1) is 35.0 Å². The number of hydrogen-bond donors (Lipinski definition) is 1. The Morgan fingerprint density at radius 3 is 2.14 bits per heavy atom. The molecule has 3 nitrogen and oxygen atoms in total. The summed E-state index contributed by atoms with van der Waals surface area (Å²) in [6.45, 7) is 7.49. The van der Waals surface area contributed by atoms with E-state index in [4.69, 9.17) is 9.39 Å². The highest BCUT2D eigenvalue weighted by Crippen LogP contribution is 2.69. The topological polar surface area (TPSA) is 38.7 Å². The molecule has 0 amide bonds. The van der Waals surface area contributed by atoms with Gasteiger partial charge in [0.1, 0.15) is 11.9 Å². The molecule has 2 fully saturated rings. The predicted molar refractivity (Wildman–Crippen MR) is 141 cm³/mol. The Morgan fingerprint density at radius 1 is 0.857 bits per heavy atom. The van der Waals surface area contributed by atoms with E-state index in [0.717, 1.165) is 25.0 Å². The normalized spacial score (nSPS) is 40.9. The van der Waals surface area contributed by atoms with E-state index in [1.807, 2.05) is 21.3 Å². The number of fused-ring (bicyclic) bond motifs is 9. The van der Waals surface area contributed by atoms with E-state index in [9.17, 15) is 5.11 Å². The Balaban J connectivity index is 1.39. The van der Waals surface area contributed by atoms with Gasteiger partial charge in [0.15, 0.2) is 0 Å². The summed E-state index contributed by atoms with van der Waals surface area (Å²) in [5.74, 6) is 3.52. The van der Waals surface area contributed by atoms with Crippen LogP contribution in [-0.2, 0) is 9.39 Å². The van der Waals surface area contributed by atoms with Crippen molar-refractivity contribution < 1.29 is 14.5 Å². The van der Waals surface area contributed by atoms with E-state index in [-0.39, 0.29) is 17.3 Å². The maximum atomic E-state index is 10.5.